The van der Waals surface area contributed by atoms with E-state index in [1.165, 1.54) is 25.5 Å². The van der Waals surface area contributed by atoms with Crippen molar-refractivity contribution in [1.29, 1.82) is 0 Å². The maximum Gasteiger partial charge on any atom is 0.275 e. The van der Waals surface area contributed by atoms with Crippen molar-refractivity contribution < 1.29 is 4.92 Å². The maximum atomic E-state index is 11.1. The van der Waals surface area contributed by atoms with E-state index in [0.29, 0.717) is 29.2 Å². The predicted octanol–water partition coefficient (Wildman–Crippen LogP) is 2.57. The molecule has 20 heavy (non-hydrogen) atoms. The van der Waals surface area contributed by atoms with E-state index in [4.69, 9.17) is 11.6 Å². The molecule has 0 aromatic heterocycles. The van der Waals surface area contributed by atoms with Gasteiger partial charge in [0.05, 0.1) is 15.5 Å². The number of rotatable bonds is 4. The van der Waals surface area contributed by atoms with Crippen LogP contribution in [0.4, 0.5) is 5.69 Å². The molecule has 2 saturated heterocycles. The quantitative estimate of drug-likeness (QED) is 0.685. The molecule has 5 nitrogen and oxygen atoms in total. The Hall–Kier alpha value is -1.17. The monoisotopic (exact) mass is 295 g/mol. The lowest BCUT2D eigenvalue weighted by Gasteiger charge is -2.21. The molecule has 6 heteroatoms. The number of hydrogen-bond acceptors (Lipinski definition) is 4. The van der Waals surface area contributed by atoms with E-state index in [2.05, 4.69) is 10.2 Å². The van der Waals surface area contributed by atoms with E-state index in [0.717, 1.165) is 13.0 Å². The van der Waals surface area contributed by atoms with Gasteiger partial charge in [0.15, 0.2) is 0 Å². The summed E-state index contributed by atoms with van der Waals surface area (Å²) in [6.07, 6.45) is 3.60. The number of nitro benzene ring substituents is 1. The molecular weight excluding hydrogens is 278 g/mol. The smallest absolute Gasteiger partial charge is 0.275 e. The zero-order valence-electron chi connectivity index (χ0n) is 11.2. The van der Waals surface area contributed by atoms with Gasteiger partial charge in [-0.2, -0.15) is 0 Å². The highest BCUT2D eigenvalue weighted by Gasteiger charge is 2.36. The highest BCUT2D eigenvalue weighted by atomic mass is 35.5. The molecule has 2 aliphatic rings. The van der Waals surface area contributed by atoms with Gasteiger partial charge >= 0.3 is 0 Å². The average molecular weight is 296 g/mol. The van der Waals surface area contributed by atoms with E-state index >= 15 is 0 Å². The summed E-state index contributed by atoms with van der Waals surface area (Å²) in [7, 11) is 0. The lowest BCUT2D eigenvalue weighted by molar-refractivity contribution is -0.385. The largest absolute Gasteiger partial charge is 0.308 e. The number of nitrogens with zero attached hydrogens (tertiary/aromatic N) is 2. The van der Waals surface area contributed by atoms with Gasteiger partial charge in [0.25, 0.3) is 5.69 Å². The van der Waals surface area contributed by atoms with Crippen LogP contribution in [0.3, 0.4) is 0 Å². The van der Waals surface area contributed by atoms with Gasteiger partial charge in [0.1, 0.15) is 0 Å². The third kappa shape index (κ3) is 2.53. The molecule has 0 radical (unpaired) electrons. The minimum atomic E-state index is -0.362. The molecule has 2 heterocycles. The Kier molecular flexibility index (Phi) is 3.92. The average Bonchev–Trinajstić information content (AvgIpc) is 3.00. The minimum absolute atomic E-state index is 0.103. The number of hydrogen-bond donors (Lipinski definition) is 1. The van der Waals surface area contributed by atoms with Crippen LogP contribution in [0.2, 0.25) is 5.02 Å². The summed E-state index contributed by atoms with van der Waals surface area (Å²) < 4.78 is 0. The molecule has 1 N–H and O–H groups in total. The molecule has 2 unspecified atom stereocenters. The Labute approximate surface area is 123 Å². The highest BCUT2D eigenvalue weighted by Crippen LogP contribution is 2.30. The fourth-order valence-corrected chi connectivity index (χ4v) is 3.68. The van der Waals surface area contributed by atoms with E-state index in [1.807, 2.05) is 0 Å². The van der Waals surface area contributed by atoms with Crippen molar-refractivity contribution in [2.45, 2.75) is 37.9 Å². The van der Waals surface area contributed by atoms with Crippen molar-refractivity contribution >= 4 is 17.3 Å². The maximum absolute atomic E-state index is 11.1. The van der Waals surface area contributed by atoms with Crippen LogP contribution in [0, 0.1) is 10.1 Å². The molecular formula is C14H18ClN3O2. The summed E-state index contributed by atoms with van der Waals surface area (Å²) in [5.74, 6) is 0. The van der Waals surface area contributed by atoms with Crippen molar-refractivity contribution in [2.75, 3.05) is 13.1 Å². The third-order valence-electron chi connectivity index (χ3n) is 4.44. The Morgan fingerprint density at radius 1 is 1.40 bits per heavy atom. The summed E-state index contributed by atoms with van der Waals surface area (Å²) in [5.41, 5.74) is 0.696. The van der Waals surface area contributed by atoms with Crippen LogP contribution in [-0.2, 0) is 6.54 Å². The van der Waals surface area contributed by atoms with Crippen LogP contribution < -0.4 is 5.32 Å². The fraction of sp³-hybridized carbons (Fsp3) is 0.571. The Balaban J connectivity index is 1.71. The van der Waals surface area contributed by atoms with Crippen LogP contribution in [-0.4, -0.2) is 35.0 Å². The summed E-state index contributed by atoms with van der Waals surface area (Å²) in [6, 6.07) is 5.87. The van der Waals surface area contributed by atoms with Crippen LogP contribution in [0.5, 0.6) is 0 Å². The molecule has 0 aliphatic carbocycles. The van der Waals surface area contributed by atoms with Crippen molar-refractivity contribution in [2.24, 2.45) is 0 Å². The number of benzene rings is 1. The molecule has 2 aliphatic heterocycles. The normalized spacial score (nSPS) is 25.9. The molecule has 0 amide bonds. The Morgan fingerprint density at radius 2 is 2.25 bits per heavy atom. The van der Waals surface area contributed by atoms with Crippen LogP contribution in [0.25, 0.3) is 0 Å². The molecule has 2 fully saturated rings. The van der Waals surface area contributed by atoms with Crippen LogP contribution in [0.15, 0.2) is 18.2 Å². The summed E-state index contributed by atoms with van der Waals surface area (Å²) in [6.45, 7) is 2.78. The minimum Gasteiger partial charge on any atom is -0.308 e. The van der Waals surface area contributed by atoms with E-state index in [9.17, 15) is 10.1 Å². The first-order valence-corrected chi connectivity index (χ1v) is 7.44. The van der Waals surface area contributed by atoms with Crippen molar-refractivity contribution in [3.63, 3.8) is 0 Å². The molecule has 108 valence electrons. The first kappa shape index (κ1) is 13.8. The van der Waals surface area contributed by atoms with Gasteiger partial charge in [-0.05, 0) is 31.9 Å². The van der Waals surface area contributed by atoms with Gasteiger partial charge in [0.2, 0.25) is 0 Å². The number of nitro groups is 1. The topological polar surface area (TPSA) is 58.4 Å². The Morgan fingerprint density at radius 3 is 3.05 bits per heavy atom. The van der Waals surface area contributed by atoms with E-state index < -0.39 is 0 Å². The van der Waals surface area contributed by atoms with Crippen LogP contribution >= 0.6 is 11.6 Å². The zero-order valence-corrected chi connectivity index (χ0v) is 12.0. The van der Waals surface area contributed by atoms with Gasteiger partial charge < -0.3 is 5.32 Å². The lowest BCUT2D eigenvalue weighted by atomic mass is 10.1. The predicted molar refractivity (Wildman–Crippen MR) is 77.9 cm³/mol. The standard InChI is InChI=1S/C14H18ClN3O2/c15-11-3-1-4-13(18(19)20)10(11)9-16-12-6-8-17-7-2-5-14(12)17/h1,3-4,12,14,16H,2,5-9H2. The zero-order chi connectivity index (χ0) is 14.1. The molecule has 1 aromatic rings. The lowest BCUT2D eigenvalue weighted by Crippen LogP contribution is -2.38. The SMILES string of the molecule is O=[N+]([O-])c1cccc(Cl)c1CNC1CCN2CCCC12. The van der Waals surface area contributed by atoms with Crippen molar-refractivity contribution in [3.8, 4) is 0 Å². The third-order valence-corrected chi connectivity index (χ3v) is 4.79. The van der Waals surface area contributed by atoms with Crippen molar-refractivity contribution in [3.05, 3.63) is 38.9 Å². The second-order valence-corrected chi connectivity index (χ2v) is 5.92. The molecule has 2 atom stereocenters. The summed E-state index contributed by atoms with van der Waals surface area (Å²) in [4.78, 5) is 13.2. The van der Waals surface area contributed by atoms with Gasteiger partial charge in [-0.25, -0.2) is 0 Å². The number of halogens is 1. The molecule has 0 spiro atoms. The van der Waals surface area contributed by atoms with Gasteiger partial charge in [-0.3, -0.25) is 15.0 Å². The Bertz CT molecular complexity index is 523. The second kappa shape index (κ2) is 5.68. The first-order valence-electron chi connectivity index (χ1n) is 7.06. The second-order valence-electron chi connectivity index (χ2n) is 5.52. The van der Waals surface area contributed by atoms with E-state index in [1.54, 1.807) is 12.1 Å². The van der Waals surface area contributed by atoms with Crippen LogP contribution in [0.1, 0.15) is 24.8 Å². The van der Waals surface area contributed by atoms with Gasteiger partial charge in [-0.1, -0.05) is 17.7 Å². The van der Waals surface area contributed by atoms with Crippen molar-refractivity contribution in [1.82, 2.24) is 10.2 Å². The fourth-order valence-electron chi connectivity index (χ4n) is 3.45. The van der Waals surface area contributed by atoms with E-state index in [-0.39, 0.29) is 10.6 Å². The first-order chi connectivity index (χ1) is 9.66. The molecule has 1 aromatic carbocycles. The van der Waals surface area contributed by atoms with Gasteiger partial charge in [-0.15, -0.1) is 0 Å². The summed E-state index contributed by atoms with van der Waals surface area (Å²) in [5, 5.41) is 15.0. The number of nitrogens with one attached hydrogen (secondary N) is 1. The molecule has 3 rings (SSSR count). The molecule has 0 bridgehead atoms. The highest BCUT2D eigenvalue weighted by molar-refractivity contribution is 6.31. The van der Waals surface area contributed by atoms with Gasteiger partial charge in [0, 0.05) is 31.2 Å². The number of fused-ring (bicyclic) bond motifs is 1. The molecule has 0 saturated carbocycles. The summed E-state index contributed by atoms with van der Waals surface area (Å²) >= 11 is 6.12.